The number of methoxy groups -OCH3 is 1. The van der Waals surface area contributed by atoms with E-state index in [1.807, 2.05) is 49.1 Å². The molecular formula is C27H29N3O4S. The van der Waals surface area contributed by atoms with E-state index in [4.69, 9.17) is 9.47 Å². The molecule has 2 heterocycles. The summed E-state index contributed by atoms with van der Waals surface area (Å²) >= 11 is 1.55. The lowest BCUT2D eigenvalue weighted by atomic mass is 10.1. The quantitative estimate of drug-likeness (QED) is 0.513. The number of carbonyl (C=O) groups excluding carboxylic acids is 2. The highest BCUT2D eigenvalue weighted by atomic mass is 32.1. The molecule has 7 nitrogen and oxygen atoms in total. The molecule has 1 N–H and O–H groups in total. The lowest BCUT2D eigenvalue weighted by Crippen LogP contribution is -2.46. The zero-order valence-corrected chi connectivity index (χ0v) is 20.9. The van der Waals surface area contributed by atoms with Crippen molar-refractivity contribution in [1.82, 2.24) is 15.2 Å². The molecule has 1 saturated heterocycles. The first-order valence-corrected chi connectivity index (χ1v) is 12.6. The Morgan fingerprint density at radius 3 is 2.71 bits per heavy atom. The summed E-state index contributed by atoms with van der Waals surface area (Å²) in [5, 5.41) is 3.84. The van der Waals surface area contributed by atoms with Crippen LogP contribution in [0.4, 0.5) is 0 Å². The Kier molecular flexibility index (Phi) is 6.47. The van der Waals surface area contributed by atoms with E-state index in [1.165, 1.54) is 0 Å². The van der Waals surface area contributed by atoms with Gasteiger partial charge in [-0.1, -0.05) is 42.0 Å². The van der Waals surface area contributed by atoms with Crippen LogP contribution in [0.15, 0.2) is 48.5 Å². The number of piperidine rings is 1. The Morgan fingerprint density at radius 1 is 1.14 bits per heavy atom. The molecule has 35 heavy (non-hydrogen) atoms. The molecule has 0 radical (unpaired) electrons. The van der Waals surface area contributed by atoms with E-state index < -0.39 is 0 Å². The molecule has 2 aliphatic rings. The van der Waals surface area contributed by atoms with Gasteiger partial charge < -0.3 is 19.7 Å². The molecule has 1 aliphatic carbocycles. The van der Waals surface area contributed by atoms with Crippen molar-refractivity contribution in [1.29, 1.82) is 0 Å². The largest absolute Gasteiger partial charge is 0.493 e. The maximum Gasteiger partial charge on any atom is 0.274 e. The minimum atomic E-state index is -0.225. The van der Waals surface area contributed by atoms with E-state index in [2.05, 4.69) is 16.4 Å². The molecule has 0 bridgehead atoms. The molecule has 1 saturated carbocycles. The SMILES string of the molecule is COc1ccccc1OCC(=O)NCC1C2CC2CN1C(=O)c1nc(C)sc1-c1cccc(C)c1. The van der Waals surface area contributed by atoms with Crippen molar-refractivity contribution in [3.63, 3.8) is 0 Å². The third kappa shape index (κ3) is 4.89. The van der Waals surface area contributed by atoms with Gasteiger partial charge in [0.2, 0.25) is 0 Å². The number of nitrogens with zero attached hydrogens (tertiary/aromatic N) is 2. The Hall–Kier alpha value is -3.39. The van der Waals surface area contributed by atoms with Gasteiger partial charge in [0.15, 0.2) is 18.1 Å². The Morgan fingerprint density at radius 2 is 1.94 bits per heavy atom. The number of aryl methyl sites for hydroxylation is 2. The van der Waals surface area contributed by atoms with Crippen LogP contribution in [0.5, 0.6) is 11.5 Å². The fraction of sp³-hybridized carbons (Fsp3) is 0.370. The van der Waals surface area contributed by atoms with Gasteiger partial charge >= 0.3 is 0 Å². The average Bonchev–Trinajstić information content (AvgIpc) is 3.37. The molecule has 5 rings (SSSR count). The lowest BCUT2D eigenvalue weighted by Gasteiger charge is -2.27. The van der Waals surface area contributed by atoms with E-state index in [1.54, 1.807) is 30.6 Å². The van der Waals surface area contributed by atoms with Crippen LogP contribution in [0.3, 0.4) is 0 Å². The topological polar surface area (TPSA) is 80.8 Å². The maximum absolute atomic E-state index is 13.7. The maximum atomic E-state index is 13.7. The van der Waals surface area contributed by atoms with Gasteiger partial charge in [0.25, 0.3) is 11.8 Å². The van der Waals surface area contributed by atoms with Crippen molar-refractivity contribution in [2.45, 2.75) is 26.3 Å². The first kappa shape index (κ1) is 23.4. The van der Waals surface area contributed by atoms with Gasteiger partial charge in [-0.15, -0.1) is 11.3 Å². The van der Waals surface area contributed by atoms with Gasteiger partial charge in [-0.2, -0.15) is 0 Å². The Balaban J connectivity index is 1.25. The van der Waals surface area contributed by atoms with Gasteiger partial charge in [-0.3, -0.25) is 9.59 Å². The number of benzene rings is 2. The molecule has 0 spiro atoms. The van der Waals surface area contributed by atoms with E-state index in [9.17, 15) is 9.59 Å². The number of hydrogen-bond donors (Lipinski definition) is 1. The molecule has 1 aromatic heterocycles. The second-order valence-corrected chi connectivity index (χ2v) is 10.4. The number of thiazole rings is 1. The minimum absolute atomic E-state index is 0.0323. The van der Waals surface area contributed by atoms with Crippen molar-refractivity contribution in [2.24, 2.45) is 11.8 Å². The molecule has 2 amide bonds. The van der Waals surface area contributed by atoms with Crippen LogP contribution >= 0.6 is 11.3 Å². The van der Waals surface area contributed by atoms with Crippen LogP contribution in [-0.2, 0) is 4.79 Å². The summed E-state index contributed by atoms with van der Waals surface area (Å²) in [5.41, 5.74) is 2.67. The number of rotatable bonds is 8. The van der Waals surface area contributed by atoms with Crippen molar-refractivity contribution in [3.8, 4) is 21.9 Å². The van der Waals surface area contributed by atoms with Gasteiger partial charge in [0.1, 0.15) is 5.69 Å². The number of hydrogen-bond acceptors (Lipinski definition) is 6. The van der Waals surface area contributed by atoms with Gasteiger partial charge in [-0.25, -0.2) is 4.98 Å². The molecule has 2 fully saturated rings. The second-order valence-electron chi connectivity index (χ2n) is 9.21. The number of para-hydroxylation sites is 2. The van der Waals surface area contributed by atoms with Crippen molar-refractivity contribution < 1.29 is 19.1 Å². The van der Waals surface area contributed by atoms with Crippen LogP contribution in [-0.4, -0.2) is 54.5 Å². The standard InChI is InChI=1S/C27H29N3O4S/c1-16-7-6-8-18(11-16)26-25(29-17(2)35-26)27(32)30-14-19-12-20(19)21(30)13-28-24(31)15-34-23-10-5-4-9-22(23)33-3/h4-11,19-21H,12-15H2,1-3H3,(H,28,31). The zero-order chi connectivity index (χ0) is 24.5. The monoisotopic (exact) mass is 491 g/mol. The van der Waals surface area contributed by atoms with Crippen molar-refractivity contribution in [3.05, 3.63) is 64.8 Å². The summed E-state index contributed by atoms with van der Waals surface area (Å²) in [6.45, 7) is 4.98. The second kappa shape index (κ2) is 9.70. The molecular weight excluding hydrogens is 462 g/mol. The first-order valence-electron chi connectivity index (χ1n) is 11.8. The number of likely N-dealkylation sites (tertiary alicyclic amines) is 1. The van der Waals surface area contributed by atoms with E-state index in [-0.39, 0.29) is 24.5 Å². The Bertz CT molecular complexity index is 1260. The number of amides is 2. The molecule has 182 valence electrons. The number of nitrogens with one attached hydrogen (secondary N) is 1. The van der Waals surface area contributed by atoms with Crippen LogP contribution in [0.25, 0.3) is 10.4 Å². The van der Waals surface area contributed by atoms with Crippen LogP contribution in [0, 0.1) is 25.7 Å². The summed E-state index contributed by atoms with van der Waals surface area (Å²) < 4.78 is 10.9. The van der Waals surface area contributed by atoms with Gasteiger partial charge in [0.05, 0.1) is 23.0 Å². The van der Waals surface area contributed by atoms with Crippen LogP contribution < -0.4 is 14.8 Å². The lowest BCUT2D eigenvalue weighted by molar-refractivity contribution is -0.123. The van der Waals surface area contributed by atoms with Gasteiger partial charge in [0, 0.05) is 13.1 Å². The molecule has 1 aliphatic heterocycles. The summed E-state index contributed by atoms with van der Waals surface area (Å²) in [5.74, 6) is 1.76. The van der Waals surface area contributed by atoms with Gasteiger partial charge in [-0.05, 0) is 49.8 Å². The normalized spacial score (nSPS) is 20.3. The third-order valence-electron chi connectivity index (χ3n) is 6.72. The predicted molar refractivity (Wildman–Crippen MR) is 135 cm³/mol. The summed E-state index contributed by atoms with van der Waals surface area (Å²) in [6.07, 6.45) is 1.10. The number of aromatic nitrogens is 1. The van der Waals surface area contributed by atoms with E-state index in [0.717, 1.165) is 27.4 Å². The zero-order valence-electron chi connectivity index (χ0n) is 20.1. The summed E-state index contributed by atoms with van der Waals surface area (Å²) in [4.78, 5) is 33.6. The predicted octanol–water partition coefficient (Wildman–Crippen LogP) is 4.09. The average molecular weight is 492 g/mol. The molecule has 3 unspecified atom stereocenters. The highest BCUT2D eigenvalue weighted by Crippen LogP contribution is 2.50. The summed E-state index contributed by atoms with van der Waals surface area (Å²) in [7, 11) is 1.56. The van der Waals surface area contributed by atoms with E-state index in [0.29, 0.717) is 42.1 Å². The smallest absolute Gasteiger partial charge is 0.274 e. The molecule has 2 aromatic carbocycles. The van der Waals surface area contributed by atoms with Crippen molar-refractivity contribution >= 4 is 23.2 Å². The fourth-order valence-electron chi connectivity index (χ4n) is 4.91. The third-order valence-corrected chi connectivity index (χ3v) is 7.74. The van der Waals surface area contributed by atoms with Crippen LogP contribution in [0.2, 0.25) is 0 Å². The van der Waals surface area contributed by atoms with E-state index >= 15 is 0 Å². The molecule has 8 heteroatoms. The Labute approximate surface area is 209 Å². The fourth-order valence-corrected chi connectivity index (χ4v) is 5.81. The molecule has 3 atom stereocenters. The molecule has 3 aromatic rings. The summed E-state index contributed by atoms with van der Waals surface area (Å²) in [6, 6.07) is 15.4. The highest BCUT2D eigenvalue weighted by molar-refractivity contribution is 7.15. The highest BCUT2D eigenvalue weighted by Gasteiger charge is 2.54. The minimum Gasteiger partial charge on any atom is -0.493 e. The number of ether oxygens (including phenoxy) is 2. The number of carbonyl (C=O) groups is 2. The number of fused-ring (bicyclic) bond motifs is 1. The van der Waals surface area contributed by atoms with Crippen LogP contribution in [0.1, 0.15) is 27.5 Å². The first-order chi connectivity index (χ1) is 16.9. The van der Waals surface area contributed by atoms with Crippen molar-refractivity contribution in [2.75, 3.05) is 26.8 Å².